The Hall–Kier alpha value is -1.75. The van der Waals surface area contributed by atoms with Gasteiger partial charge in [0.25, 0.3) is 0 Å². The van der Waals surface area contributed by atoms with E-state index in [2.05, 4.69) is 27.8 Å². The number of hydrogen-bond donors (Lipinski definition) is 2. The van der Waals surface area contributed by atoms with E-state index < -0.39 is 0 Å². The molecule has 5 nitrogen and oxygen atoms in total. The average molecular weight is 321 g/mol. The lowest BCUT2D eigenvalue weighted by Crippen LogP contribution is -2.45. The highest BCUT2D eigenvalue weighted by Gasteiger charge is 2.16. The molecule has 0 unspecified atom stereocenters. The molecule has 0 aliphatic heterocycles. The van der Waals surface area contributed by atoms with Gasteiger partial charge in [-0.15, -0.1) is 0 Å². The van der Waals surface area contributed by atoms with E-state index in [9.17, 15) is 0 Å². The van der Waals surface area contributed by atoms with Crippen LogP contribution in [0.2, 0.25) is 0 Å². The number of unbranched alkanes of at least 4 members (excludes halogenated alkanes) is 1. The van der Waals surface area contributed by atoms with E-state index in [1.807, 2.05) is 26.0 Å². The standard InChI is InChI=1S/C18H31N3O2/c1-18(2,23-5)14-21-17(19-3)20-13-7-6-8-15-9-11-16(22-4)12-10-15/h9-12H,6-8,13-14H2,1-5H3,(H2,19,20,21). The van der Waals surface area contributed by atoms with Gasteiger partial charge in [-0.2, -0.15) is 0 Å². The molecule has 0 aromatic heterocycles. The fourth-order valence-corrected chi connectivity index (χ4v) is 2.04. The Morgan fingerprint density at radius 3 is 2.35 bits per heavy atom. The van der Waals surface area contributed by atoms with Crippen LogP contribution in [-0.2, 0) is 11.2 Å². The molecule has 0 amide bonds. The van der Waals surface area contributed by atoms with Crippen LogP contribution in [-0.4, -0.2) is 45.9 Å². The molecule has 1 aromatic carbocycles. The molecular formula is C18H31N3O2. The first-order valence-electron chi connectivity index (χ1n) is 8.13. The molecule has 0 atom stereocenters. The summed E-state index contributed by atoms with van der Waals surface area (Å²) < 4.78 is 10.6. The molecule has 0 aliphatic carbocycles. The fourth-order valence-electron chi connectivity index (χ4n) is 2.04. The Bertz CT molecular complexity index is 470. The SMILES string of the molecule is CN=C(NCCCCc1ccc(OC)cc1)NCC(C)(C)OC. The van der Waals surface area contributed by atoms with Crippen molar-refractivity contribution in [2.45, 2.75) is 38.7 Å². The first-order chi connectivity index (χ1) is 11.0. The third-order valence-corrected chi connectivity index (χ3v) is 3.80. The molecular weight excluding hydrogens is 290 g/mol. The van der Waals surface area contributed by atoms with Gasteiger partial charge in [0, 0.05) is 27.2 Å². The van der Waals surface area contributed by atoms with E-state index in [4.69, 9.17) is 9.47 Å². The van der Waals surface area contributed by atoms with Crippen LogP contribution in [0.5, 0.6) is 5.75 Å². The second-order valence-electron chi connectivity index (χ2n) is 6.12. The van der Waals surface area contributed by atoms with Crippen LogP contribution in [0.4, 0.5) is 0 Å². The highest BCUT2D eigenvalue weighted by atomic mass is 16.5. The summed E-state index contributed by atoms with van der Waals surface area (Å²) in [5, 5.41) is 6.62. The number of nitrogens with one attached hydrogen (secondary N) is 2. The van der Waals surface area contributed by atoms with Crippen LogP contribution >= 0.6 is 0 Å². The zero-order valence-corrected chi connectivity index (χ0v) is 15.1. The second-order valence-corrected chi connectivity index (χ2v) is 6.12. The predicted octanol–water partition coefficient (Wildman–Crippen LogP) is 2.61. The summed E-state index contributed by atoms with van der Waals surface area (Å²) in [6.07, 6.45) is 3.31. The maximum atomic E-state index is 5.39. The van der Waals surface area contributed by atoms with Crippen molar-refractivity contribution < 1.29 is 9.47 Å². The van der Waals surface area contributed by atoms with Crippen molar-refractivity contribution in [1.82, 2.24) is 10.6 Å². The summed E-state index contributed by atoms with van der Waals surface area (Å²) >= 11 is 0. The van der Waals surface area contributed by atoms with Gasteiger partial charge < -0.3 is 20.1 Å². The van der Waals surface area contributed by atoms with Gasteiger partial charge in [-0.1, -0.05) is 12.1 Å². The lowest BCUT2D eigenvalue weighted by molar-refractivity contribution is 0.0268. The number of guanidine groups is 1. The minimum Gasteiger partial charge on any atom is -0.497 e. The molecule has 2 N–H and O–H groups in total. The largest absolute Gasteiger partial charge is 0.497 e. The molecule has 1 aromatic rings. The van der Waals surface area contributed by atoms with Gasteiger partial charge in [-0.05, 0) is 50.8 Å². The van der Waals surface area contributed by atoms with Crippen LogP contribution < -0.4 is 15.4 Å². The molecule has 0 aliphatic rings. The Morgan fingerprint density at radius 2 is 1.78 bits per heavy atom. The highest BCUT2D eigenvalue weighted by Crippen LogP contribution is 2.13. The molecule has 0 saturated carbocycles. The number of benzene rings is 1. The van der Waals surface area contributed by atoms with E-state index in [1.165, 1.54) is 5.56 Å². The van der Waals surface area contributed by atoms with Gasteiger partial charge in [0.2, 0.25) is 0 Å². The van der Waals surface area contributed by atoms with Crippen LogP contribution in [0.3, 0.4) is 0 Å². The van der Waals surface area contributed by atoms with Crippen molar-refractivity contribution in [3.05, 3.63) is 29.8 Å². The summed E-state index contributed by atoms with van der Waals surface area (Å²) in [5.74, 6) is 1.73. The Labute approximate surface area is 140 Å². The van der Waals surface area contributed by atoms with Crippen molar-refractivity contribution >= 4 is 5.96 Å². The molecule has 130 valence electrons. The number of aryl methyl sites for hydroxylation is 1. The molecule has 0 bridgehead atoms. The summed E-state index contributed by atoms with van der Waals surface area (Å²) in [6.45, 7) is 5.71. The number of hydrogen-bond acceptors (Lipinski definition) is 3. The van der Waals surface area contributed by atoms with E-state index in [0.717, 1.165) is 44.1 Å². The minimum atomic E-state index is -0.202. The van der Waals surface area contributed by atoms with Crippen LogP contribution in [0.25, 0.3) is 0 Å². The van der Waals surface area contributed by atoms with E-state index in [0.29, 0.717) is 0 Å². The van der Waals surface area contributed by atoms with Crippen LogP contribution in [0.1, 0.15) is 32.3 Å². The number of nitrogens with zero attached hydrogens (tertiary/aromatic N) is 1. The van der Waals surface area contributed by atoms with E-state index in [-0.39, 0.29) is 5.60 Å². The van der Waals surface area contributed by atoms with Crippen LogP contribution in [0, 0.1) is 0 Å². The zero-order valence-electron chi connectivity index (χ0n) is 15.1. The predicted molar refractivity (Wildman–Crippen MR) is 96.4 cm³/mol. The molecule has 23 heavy (non-hydrogen) atoms. The molecule has 0 saturated heterocycles. The zero-order chi connectivity index (χ0) is 17.1. The van der Waals surface area contributed by atoms with Gasteiger partial charge in [-0.25, -0.2) is 0 Å². The van der Waals surface area contributed by atoms with Crippen molar-refractivity contribution in [3.63, 3.8) is 0 Å². The van der Waals surface area contributed by atoms with Gasteiger partial charge in [0.05, 0.1) is 12.7 Å². The van der Waals surface area contributed by atoms with Gasteiger partial charge in [-0.3, -0.25) is 4.99 Å². The first-order valence-corrected chi connectivity index (χ1v) is 8.13. The van der Waals surface area contributed by atoms with Crippen LogP contribution in [0.15, 0.2) is 29.3 Å². The highest BCUT2D eigenvalue weighted by molar-refractivity contribution is 5.79. The number of ether oxygens (including phenoxy) is 2. The second kappa shape index (κ2) is 10.1. The van der Waals surface area contributed by atoms with Crippen molar-refractivity contribution in [2.75, 3.05) is 34.4 Å². The third-order valence-electron chi connectivity index (χ3n) is 3.80. The quantitative estimate of drug-likeness (QED) is 0.417. The molecule has 0 heterocycles. The lowest BCUT2D eigenvalue weighted by atomic mass is 10.1. The maximum Gasteiger partial charge on any atom is 0.191 e. The van der Waals surface area contributed by atoms with Gasteiger partial charge >= 0.3 is 0 Å². The summed E-state index contributed by atoms with van der Waals surface area (Å²) in [7, 11) is 5.19. The fraction of sp³-hybridized carbons (Fsp3) is 0.611. The smallest absolute Gasteiger partial charge is 0.191 e. The number of aliphatic imine (C=N–C) groups is 1. The summed E-state index contributed by atoms with van der Waals surface area (Å²) in [6, 6.07) is 8.27. The van der Waals surface area contributed by atoms with Crippen molar-refractivity contribution in [1.29, 1.82) is 0 Å². The van der Waals surface area contributed by atoms with E-state index in [1.54, 1.807) is 21.3 Å². The normalized spacial score (nSPS) is 12.1. The molecule has 0 spiro atoms. The average Bonchev–Trinajstić information content (AvgIpc) is 2.57. The molecule has 5 heteroatoms. The van der Waals surface area contributed by atoms with Gasteiger partial charge in [0.1, 0.15) is 5.75 Å². The topological polar surface area (TPSA) is 54.9 Å². The number of methoxy groups -OCH3 is 2. The maximum absolute atomic E-state index is 5.39. The Morgan fingerprint density at radius 1 is 1.09 bits per heavy atom. The molecule has 0 fully saturated rings. The van der Waals surface area contributed by atoms with Crippen molar-refractivity contribution in [2.24, 2.45) is 4.99 Å². The third kappa shape index (κ3) is 7.88. The molecule has 1 rings (SSSR count). The lowest BCUT2D eigenvalue weighted by Gasteiger charge is -2.24. The van der Waals surface area contributed by atoms with E-state index >= 15 is 0 Å². The Balaban J connectivity index is 2.19. The molecule has 0 radical (unpaired) electrons. The summed E-state index contributed by atoms with van der Waals surface area (Å²) in [5.41, 5.74) is 1.14. The van der Waals surface area contributed by atoms with Gasteiger partial charge in [0.15, 0.2) is 5.96 Å². The summed E-state index contributed by atoms with van der Waals surface area (Å²) in [4.78, 5) is 4.23. The number of rotatable bonds is 9. The first kappa shape index (κ1) is 19.3. The minimum absolute atomic E-state index is 0.202. The monoisotopic (exact) mass is 321 g/mol. The van der Waals surface area contributed by atoms with Crippen molar-refractivity contribution in [3.8, 4) is 5.75 Å². The Kier molecular flexibility index (Phi) is 8.48.